The molecule has 8 rings (SSSR count). The molecule has 10 heteroatoms. The van der Waals surface area contributed by atoms with Crippen LogP contribution in [0.15, 0.2) is 122 Å². The number of benzene rings is 3. The quantitative estimate of drug-likeness (QED) is 0.0803. The first-order valence-corrected chi connectivity index (χ1v) is 22.6. The third-order valence-electron chi connectivity index (χ3n) is 12.3. The largest absolute Gasteiger partial charge is 0.506 e. The number of carboxylic acid groups (broad SMARTS) is 1. The molecule has 0 aliphatic heterocycles. The topological polar surface area (TPSA) is 163 Å². The molecule has 0 fully saturated rings. The van der Waals surface area contributed by atoms with Gasteiger partial charge in [-0.1, -0.05) is 24.3 Å². The number of nitriles is 1. The molecule has 0 saturated carbocycles. The first-order valence-electron chi connectivity index (χ1n) is 22.6. The maximum Gasteiger partial charge on any atom is 0.346 e. The minimum atomic E-state index is -1.33. The molecule has 2 aliphatic rings. The van der Waals surface area contributed by atoms with Crippen molar-refractivity contribution in [2.24, 2.45) is 0 Å². The van der Waals surface area contributed by atoms with Crippen LogP contribution in [0.2, 0.25) is 0 Å². The zero-order valence-corrected chi connectivity index (χ0v) is 40.6. The SMILES string of the molecule is CC(C)(C)c1cc(/C=C2/C(=O)C(c3ccc4c(c3)c3cc(C5=C(O)/C(=C\c6cc(C(C)(C)C)[o+]c(C(C)(C)C)c6)C5=O)ccc3n4-c3ccc(/C=C(/C#N)C(=O)O)cc3)=C2O)cc(C(C)(C)C)[o+]1. The number of carbonyl (C=O) groups is 3. The van der Waals surface area contributed by atoms with E-state index in [0.29, 0.717) is 33.2 Å². The van der Waals surface area contributed by atoms with Crippen LogP contribution in [0.5, 0.6) is 0 Å². The lowest BCUT2D eigenvalue weighted by Gasteiger charge is -2.22. The van der Waals surface area contributed by atoms with Crippen LogP contribution in [0.25, 0.3) is 56.9 Å². The molecule has 344 valence electrons. The maximum atomic E-state index is 14.0. The number of aliphatic carboxylic acids is 1. The smallest absolute Gasteiger partial charge is 0.346 e. The summed E-state index contributed by atoms with van der Waals surface area (Å²) < 4.78 is 14.6. The van der Waals surface area contributed by atoms with Crippen LogP contribution < -0.4 is 0 Å². The van der Waals surface area contributed by atoms with Gasteiger partial charge in [-0.05, 0) is 166 Å². The predicted molar refractivity (Wildman–Crippen MR) is 268 cm³/mol. The summed E-state index contributed by atoms with van der Waals surface area (Å²) >= 11 is 0. The number of carboxylic acids is 1. The highest BCUT2D eigenvalue weighted by molar-refractivity contribution is 6.41. The fourth-order valence-corrected chi connectivity index (χ4v) is 8.31. The molecular weight excluding hydrogens is 853 g/mol. The molecule has 0 bridgehead atoms. The van der Waals surface area contributed by atoms with Crippen LogP contribution in [0.1, 0.15) is 134 Å². The Morgan fingerprint density at radius 3 is 1.24 bits per heavy atom. The second-order valence-corrected chi connectivity index (χ2v) is 21.8. The van der Waals surface area contributed by atoms with E-state index in [2.05, 4.69) is 83.1 Å². The van der Waals surface area contributed by atoms with Crippen LogP contribution in [0.4, 0.5) is 0 Å². The monoisotopic (exact) mass is 908 g/mol. The molecule has 0 radical (unpaired) electrons. The van der Waals surface area contributed by atoms with Gasteiger partial charge in [0, 0.05) is 40.7 Å². The Kier molecular flexibility index (Phi) is 11.2. The third-order valence-corrected chi connectivity index (χ3v) is 12.3. The summed E-state index contributed by atoms with van der Waals surface area (Å²) in [5.74, 6) is 0.819. The van der Waals surface area contributed by atoms with Crippen molar-refractivity contribution in [3.63, 3.8) is 0 Å². The van der Waals surface area contributed by atoms with Crippen molar-refractivity contribution in [1.29, 1.82) is 5.26 Å². The number of nitrogens with zero attached hydrogens (tertiary/aromatic N) is 2. The van der Waals surface area contributed by atoms with Crippen molar-refractivity contribution in [3.8, 4) is 11.8 Å². The van der Waals surface area contributed by atoms with Crippen molar-refractivity contribution < 1.29 is 38.5 Å². The van der Waals surface area contributed by atoms with Crippen LogP contribution in [-0.2, 0) is 36.0 Å². The lowest BCUT2D eigenvalue weighted by molar-refractivity contribution is -0.132. The summed E-state index contributed by atoms with van der Waals surface area (Å²) in [5, 5.41) is 43.4. The van der Waals surface area contributed by atoms with Gasteiger partial charge in [-0.25, -0.2) is 13.6 Å². The molecule has 3 aromatic carbocycles. The Balaban J connectivity index is 1.26. The number of aromatic nitrogens is 1. The Hall–Kier alpha value is -7.64. The predicted octanol–water partition coefficient (Wildman–Crippen LogP) is 13.6. The van der Waals surface area contributed by atoms with Crippen molar-refractivity contribution >= 4 is 68.7 Å². The van der Waals surface area contributed by atoms with Gasteiger partial charge < -0.3 is 19.9 Å². The van der Waals surface area contributed by atoms with Gasteiger partial charge in [0.25, 0.3) is 0 Å². The average molecular weight is 909 g/mol. The molecule has 0 spiro atoms. The molecule has 2 aliphatic carbocycles. The molecule has 68 heavy (non-hydrogen) atoms. The summed E-state index contributed by atoms with van der Waals surface area (Å²) in [6.07, 6.45) is 4.70. The number of hydrogen-bond acceptors (Lipinski definition) is 6. The highest BCUT2D eigenvalue weighted by atomic mass is 16.4. The van der Waals surface area contributed by atoms with Crippen LogP contribution in [-0.4, -0.2) is 37.4 Å². The van der Waals surface area contributed by atoms with E-state index in [-0.39, 0.29) is 67.0 Å². The Morgan fingerprint density at radius 1 is 0.559 bits per heavy atom. The molecule has 0 unspecified atom stereocenters. The van der Waals surface area contributed by atoms with Gasteiger partial charge in [-0.3, -0.25) is 9.59 Å². The molecule has 3 N–H and O–H groups in total. The fourth-order valence-electron chi connectivity index (χ4n) is 8.31. The van der Waals surface area contributed by atoms with E-state index >= 15 is 0 Å². The lowest BCUT2D eigenvalue weighted by atomic mass is 9.81. The normalized spacial score (nSPS) is 16.2. The van der Waals surface area contributed by atoms with Gasteiger partial charge in [-0.15, -0.1) is 0 Å². The van der Waals surface area contributed by atoms with Gasteiger partial charge >= 0.3 is 29.0 Å². The molecule has 3 heterocycles. The van der Waals surface area contributed by atoms with Crippen LogP contribution in [0.3, 0.4) is 0 Å². The number of aliphatic hydroxyl groups excluding tert-OH is 2. The van der Waals surface area contributed by atoms with E-state index < -0.39 is 11.5 Å². The van der Waals surface area contributed by atoms with E-state index in [9.17, 15) is 35.0 Å². The molecule has 0 amide bonds. The first-order chi connectivity index (χ1) is 31.6. The van der Waals surface area contributed by atoms with E-state index in [4.69, 9.17) is 8.83 Å². The highest BCUT2D eigenvalue weighted by Crippen LogP contribution is 2.44. The number of carbonyl (C=O) groups excluding carboxylic acids is 2. The van der Waals surface area contributed by atoms with Gasteiger partial charge in [0.05, 0.1) is 55.0 Å². The number of fused-ring (bicyclic) bond motifs is 3. The van der Waals surface area contributed by atoms with Crippen molar-refractivity contribution in [3.05, 3.63) is 164 Å². The van der Waals surface area contributed by atoms with Gasteiger partial charge in [-0.2, -0.15) is 5.26 Å². The molecule has 3 aromatic heterocycles. The number of ketones is 2. The van der Waals surface area contributed by atoms with E-state index in [1.54, 1.807) is 42.5 Å². The van der Waals surface area contributed by atoms with Gasteiger partial charge in [0.1, 0.15) is 23.2 Å². The highest BCUT2D eigenvalue weighted by Gasteiger charge is 2.39. The third kappa shape index (κ3) is 8.49. The second kappa shape index (κ2) is 16.3. The number of allylic oxidation sites excluding steroid dienone is 4. The number of Topliss-reactive ketones (excluding diaryl/α,β-unsaturated/α-hetero) is 2. The zero-order chi connectivity index (χ0) is 49.6. The van der Waals surface area contributed by atoms with E-state index in [1.807, 2.05) is 65.2 Å². The number of aliphatic hydroxyl groups is 2. The Labute approximate surface area is 396 Å². The summed E-state index contributed by atoms with van der Waals surface area (Å²) in [5.41, 5.74) is 4.31. The van der Waals surface area contributed by atoms with Crippen molar-refractivity contribution in [2.75, 3.05) is 0 Å². The molecule has 0 atom stereocenters. The summed E-state index contributed by atoms with van der Waals surface area (Å²) in [7, 11) is 0. The first kappa shape index (κ1) is 46.9. The van der Waals surface area contributed by atoms with Gasteiger partial charge in [0.2, 0.25) is 11.6 Å². The van der Waals surface area contributed by atoms with Gasteiger partial charge in [0.15, 0.2) is 0 Å². The number of hydrogen-bond donors (Lipinski definition) is 3. The molecular formula is C58H56N2O8+2. The molecule has 0 saturated heterocycles. The summed E-state index contributed by atoms with van der Waals surface area (Å²) in [4.78, 5) is 39.6. The lowest BCUT2D eigenvalue weighted by Crippen LogP contribution is -2.21. The summed E-state index contributed by atoms with van der Waals surface area (Å²) in [6.45, 7) is 24.7. The Morgan fingerprint density at radius 2 is 0.926 bits per heavy atom. The van der Waals surface area contributed by atoms with E-state index in [0.717, 1.165) is 45.2 Å². The minimum Gasteiger partial charge on any atom is -0.506 e. The maximum absolute atomic E-state index is 14.0. The standard InChI is InChI=1S/C58H54N2O8/c1-55(2,3)44-24-32(25-45(67-44)56(4,5)6)22-40-50(61)48(51(40)62)34-15-19-42-38(28-34)39-29-35(16-20-43(39)60(42)37-17-13-31(14-18-37)21-36(30-59)54(65)66)49-52(63)41(53(49)64)23-33-26-46(57(7,8)9)68-47(27-33)58(10,11)12/h13-29H,1-12H3,(H-2,61,62,63,64,65,66)/p+2/b36-21-. The number of rotatable bonds is 7. The molecule has 10 nitrogen and oxygen atoms in total. The average Bonchev–Trinajstić information content (AvgIpc) is 3.58. The van der Waals surface area contributed by atoms with Crippen LogP contribution >= 0.6 is 0 Å². The zero-order valence-electron chi connectivity index (χ0n) is 40.6. The molecule has 6 aromatic rings. The second-order valence-electron chi connectivity index (χ2n) is 21.8. The van der Waals surface area contributed by atoms with Crippen molar-refractivity contribution in [2.45, 2.75) is 105 Å². The van der Waals surface area contributed by atoms with Crippen LogP contribution in [0, 0.1) is 11.3 Å². The van der Waals surface area contributed by atoms with E-state index in [1.165, 1.54) is 6.08 Å². The Bertz CT molecular complexity index is 3140. The minimum absolute atomic E-state index is 0.123. The fraction of sp³-hybridized carbons (Fsp3) is 0.276. The van der Waals surface area contributed by atoms with Crippen molar-refractivity contribution in [1.82, 2.24) is 4.57 Å². The summed E-state index contributed by atoms with van der Waals surface area (Å²) in [6, 6.07) is 27.4.